The lowest BCUT2D eigenvalue weighted by atomic mass is 9.96. The number of carbonyl (C=O) groups is 1. The lowest BCUT2D eigenvalue weighted by Crippen LogP contribution is -2.17. The van der Waals surface area contributed by atoms with Crippen LogP contribution in [0.2, 0.25) is 0 Å². The summed E-state index contributed by atoms with van der Waals surface area (Å²) in [5.74, 6) is -0.731. The van der Waals surface area contributed by atoms with Gasteiger partial charge in [-0.15, -0.1) is 0 Å². The molecule has 0 radical (unpaired) electrons. The number of nitrogens with one attached hydrogen (secondary N) is 1. The molecule has 0 aliphatic heterocycles. The number of aromatic nitrogens is 2. The van der Waals surface area contributed by atoms with E-state index in [4.69, 9.17) is 10.5 Å². The van der Waals surface area contributed by atoms with E-state index in [1.807, 2.05) is 30.3 Å². The molecule has 1 amide bonds. The third kappa shape index (κ3) is 4.96. The minimum Gasteiger partial charge on any atom is -0.494 e. The quantitative estimate of drug-likeness (QED) is 0.297. The van der Waals surface area contributed by atoms with Crippen LogP contribution >= 0.6 is 0 Å². The summed E-state index contributed by atoms with van der Waals surface area (Å²) in [6.45, 7) is 0.825. The lowest BCUT2D eigenvalue weighted by molar-refractivity contribution is -0.141. The highest BCUT2D eigenvalue weighted by atomic mass is 19.4. The summed E-state index contributed by atoms with van der Waals surface area (Å²) in [5.41, 5.74) is 5.31. The number of methoxy groups -OCH3 is 1. The molecule has 0 atom stereocenters. The average molecular weight is 513 g/mol. The Morgan fingerprint density at radius 2 is 1.92 bits per heavy atom. The zero-order valence-electron chi connectivity index (χ0n) is 19.9. The van der Waals surface area contributed by atoms with Crippen molar-refractivity contribution in [1.29, 1.82) is 0 Å². The number of amides is 1. The molecule has 3 aromatic carbocycles. The summed E-state index contributed by atoms with van der Waals surface area (Å²) in [5, 5.41) is 8.83. The first-order valence-electron chi connectivity index (χ1n) is 11.7. The molecule has 6 nitrogen and oxygen atoms in total. The zero-order chi connectivity index (χ0) is 26.3. The van der Waals surface area contributed by atoms with Gasteiger partial charge in [0.1, 0.15) is 22.9 Å². The molecular weight excluding hydrogens is 488 g/mol. The Balaban J connectivity index is 1.60. The molecule has 5 rings (SSSR count). The van der Waals surface area contributed by atoms with Crippen molar-refractivity contribution in [2.45, 2.75) is 25.4 Å². The van der Waals surface area contributed by atoms with Crippen LogP contribution in [0.3, 0.4) is 0 Å². The molecule has 3 N–H and O–H groups in total. The number of halogens is 4. The van der Waals surface area contributed by atoms with Crippen LogP contribution in [-0.4, -0.2) is 29.3 Å². The van der Waals surface area contributed by atoms with Crippen LogP contribution < -0.4 is 15.8 Å². The van der Waals surface area contributed by atoms with Gasteiger partial charge < -0.3 is 15.8 Å². The second kappa shape index (κ2) is 9.42. The molecule has 1 aliphatic carbocycles. The number of hydrogen-bond acceptors (Lipinski definition) is 4. The predicted octanol–water partition coefficient (Wildman–Crippen LogP) is 5.70. The Morgan fingerprint density at radius 1 is 1.16 bits per heavy atom. The number of ether oxygens (including phenoxy) is 1. The topological polar surface area (TPSA) is 82.2 Å². The Morgan fingerprint density at radius 3 is 2.59 bits per heavy atom. The molecule has 192 valence electrons. The first-order valence-corrected chi connectivity index (χ1v) is 11.7. The van der Waals surface area contributed by atoms with Crippen molar-refractivity contribution in [3.05, 3.63) is 82.9 Å². The highest BCUT2D eigenvalue weighted by Gasteiger charge is 2.36. The van der Waals surface area contributed by atoms with E-state index >= 15 is 0 Å². The number of benzene rings is 3. The van der Waals surface area contributed by atoms with Gasteiger partial charge in [-0.05, 0) is 53.3 Å². The number of anilines is 1. The van der Waals surface area contributed by atoms with Crippen molar-refractivity contribution in [3.63, 3.8) is 0 Å². The van der Waals surface area contributed by atoms with Crippen LogP contribution in [0.15, 0.2) is 54.6 Å². The van der Waals surface area contributed by atoms with Gasteiger partial charge in [-0.2, -0.15) is 18.3 Å². The maximum atomic E-state index is 14.9. The normalized spacial score (nSPS) is 13.6. The number of primary amides is 1. The molecule has 0 bridgehead atoms. The standard InChI is InChI=1S/C27H24F4N4O2/c1-37-25-19(18-5-3-2-4-17(18)12-21(25)33-14-15-6-7-15)10-16-8-9-20(28)22(11-16)35-23(26(32)36)13-24(34-35)27(29,30)31/h2-5,8-9,11-13,15,33H,6-7,10,14H2,1H3,(H2,32,36). The fraction of sp³-hybridized carbons (Fsp3) is 0.259. The van der Waals surface area contributed by atoms with Crippen LogP contribution in [0.5, 0.6) is 5.75 Å². The fourth-order valence-corrected chi connectivity index (χ4v) is 4.43. The van der Waals surface area contributed by atoms with Gasteiger partial charge in [0.15, 0.2) is 5.69 Å². The molecule has 1 heterocycles. The van der Waals surface area contributed by atoms with Crippen molar-refractivity contribution >= 4 is 22.4 Å². The summed E-state index contributed by atoms with van der Waals surface area (Å²) in [4.78, 5) is 11.9. The number of hydrogen-bond donors (Lipinski definition) is 2. The molecule has 0 saturated heterocycles. The van der Waals surface area contributed by atoms with E-state index < -0.39 is 29.3 Å². The van der Waals surface area contributed by atoms with Gasteiger partial charge in [0.25, 0.3) is 5.91 Å². The molecule has 4 aromatic rings. The van der Waals surface area contributed by atoms with Crippen molar-refractivity contribution in [1.82, 2.24) is 9.78 Å². The second-order valence-corrected chi connectivity index (χ2v) is 9.13. The van der Waals surface area contributed by atoms with Gasteiger partial charge in [0.2, 0.25) is 0 Å². The van der Waals surface area contributed by atoms with E-state index in [2.05, 4.69) is 10.4 Å². The van der Waals surface area contributed by atoms with E-state index in [1.165, 1.54) is 25.0 Å². The smallest absolute Gasteiger partial charge is 0.435 e. The molecule has 1 fully saturated rings. The zero-order valence-corrected chi connectivity index (χ0v) is 19.9. The minimum absolute atomic E-state index is 0.287. The molecular formula is C27H24F4N4O2. The van der Waals surface area contributed by atoms with E-state index in [1.54, 1.807) is 7.11 Å². The first kappa shape index (κ1) is 24.6. The molecule has 0 spiro atoms. The highest BCUT2D eigenvalue weighted by molar-refractivity contribution is 5.93. The third-order valence-corrected chi connectivity index (χ3v) is 6.46. The number of nitrogens with zero attached hydrogens (tertiary/aromatic N) is 2. The first-order chi connectivity index (χ1) is 17.7. The van der Waals surface area contributed by atoms with Gasteiger partial charge in [-0.25, -0.2) is 9.07 Å². The van der Waals surface area contributed by atoms with E-state index in [9.17, 15) is 22.4 Å². The van der Waals surface area contributed by atoms with Crippen LogP contribution in [0.1, 0.15) is 40.2 Å². The molecule has 0 unspecified atom stereocenters. The predicted molar refractivity (Wildman–Crippen MR) is 132 cm³/mol. The van der Waals surface area contributed by atoms with E-state index in [-0.39, 0.29) is 12.1 Å². The van der Waals surface area contributed by atoms with Gasteiger partial charge in [0.05, 0.1) is 12.8 Å². The second-order valence-electron chi connectivity index (χ2n) is 9.13. The van der Waals surface area contributed by atoms with Gasteiger partial charge in [-0.1, -0.05) is 30.3 Å². The van der Waals surface area contributed by atoms with Gasteiger partial charge >= 0.3 is 6.18 Å². The Bertz CT molecular complexity index is 1490. The Labute approximate surface area is 210 Å². The number of fused-ring (bicyclic) bond motifs is 1. The minimum atomic E-state index is -4.83. The van der Waals surface area contributed by atoms with Crippen molar-refractivity contribution in [2.75, 3.05) is 19.0 Å². The highest BCUT2D eigenvalue weighted by Crippen LogP contribution is 2.39. The molecule has 37 heavy (non-hydrogen) atoms. The third-order valence-electron chi connectivity index (χ3n) is 6.46. The fourth-order valence-electron chi connectivity index (χ4n) is 4.43. The van der Waals surface area contributed by atoms with Gasteiger partial charge in [-0.3, -0.25) is 4.79 Å². The molecule has 1 saturated carbocycles. The molecule has 10 heteroatoms. The van der Waals surface area contributed by atoms with E-state index in [0.717, 1.165) is 34.6 Å². The summed E-state index contributed by atoms with van der Waals surface area (Å²) >= 11 is 0. The lowest BCUT2D eigenvalue weighted by Gasteiger charge is -2.18. The number of nitrogens with two attached hydrogens (primary N) is 1. The summed E-state index contributed by atoms with van der Waals surface area (Å²) in [6, 6.07) is 14.4. The summed E-state index contributed by atoms with van der Waals surface area (Å²) in [7, 11) is 1.58. The largest absolute Gasteiger partial charge is 0.494 e. The Kier molecular flexibility index (Phi) is 6.26. The van der Waals surface area contributed by atoms with Crippen LogP contribution in [0, 0.1) is 11.7 Å². The van der Waals surface area contributed by atoms with Gasteiger partial charge in [0, 0.05) is 24.6 Å². The number of alkyl halides is 3. The summed E-state index contributed by atoms with van der Waals surface area (Å²) in [6.07, 6.45) is -2.17. The molecule has 1 aliphatic rings. The number of rotatable bonds is 8. The SMILES string of the molecule is COc1c(NCC2CC2)cc2ccccc2c1Cc1ccc(F)c(-n2nc(C(F)(F)F)cc2C(N)=O)c1. The molecule has 1 aromatic heterocycles. The monoisotopic (exact) mass is 512 g/mol. The van der Waals surface area contributed by atoms with Crippen LogP contribution in [-0.2, 0) is 12.6 Å². The maximum Gasteiger partial charge on any atom is 0.435 e. The van der Waals surface area contributed by atoms with Crippen molar-refractivity contribution in [3.8, 4) is 11.4 Å². The number of carbonyl (C=O) groups excluding carboxylic acids is 1. The summed E-state index contributed by atoms with van der Waals surface area (Å²) < 4.78 is 61.1. The van der Waals surface area contributed by atoms with Crippen molar-refractivity contribution < 1.29 is 27.1 Å². The van der Waals surface area contributed by atoms with Crippen molar-refractivity contribution in [2.24, 2.45) is 11.7 Å². The Hall–Kier alpha value is -4.08. The van der Waals surface area contributed by atoms with Crippen LogP contribution in [0.4, 0.5) is 23.2 Å². The van der Waals surface area contributed by atoms with E-state index in [0.29, 0.717) is 28.0 Å². The maximum absolute atomic E-state index is 14.9. The average Bonchev–Trinajstić information content (AvgIpc) is 3.57. The van der Waals surface area contributed by atoms with Crippen LogP contribution in [0.25, 0.3) is 16.5 Å².